The SMILES string of the molecule is CC12CC3CCC(C1)C1(OC4COC(=O)C4O1)C(C3)C2. The van der Waals surface area contributed by atoms with Crippen LogP contribution in [0.1, 0.15) is 45.4 Å². The van der Waals surface area contributed by atoms with Gasteiger partial charge in [0.25, 0.3) is 0 Å². The number of carbonyl (C=O) groups excluding carboxylic acids is 1. The summed E-state index contributed by atoms with van der Waals surface area (Å²) in [5.41, 5.74) is 0.477. The van der Waals surface area contributed by atoms with E-state index in [1.54, 1.807) is 0 Å². The van der Waals surface area contributed by atoms with Gasteiger partial charge in [0.2, 0.25) is 0 Å². The summed E-state index contributed by atoms with van der Waals surface area (Å²) >= 11 is 0. The fourth-order valence-corrected chi connectivity index (χ4v) is 6.00. The first-order chi connectivity index (χ1) is 9.58. The second kappa shape index (κ2) is 3.58. The Balaban J connectivity index is 1.54. The van der Waals surface area contributed by atoms with Crippen LogP contribution in [-0.2, 0) is 19.0 Å². The van der Waals surface area contributed by atoms with Crippen molar-refractivity contribution in [2.75, 3.05) is 6.61 Å². The molecule has 0 aromatic carbocycles. The predicted molar refractivity (Wildman–Crippen MR) is 69.7 cm³/mol. The third-order valence-corrected chi connectivity index (χ3v) is 6.55. The highest BCUT2D eigenvalue weighted by molar-refractivity contribution is 5.78. The highest BCUT2D eigenvalue weighted by Gasteiger charge is 2.66. The van der Waals surface area contributed by atoms with E-state index in [9.17, 15) is 4.79 Å². The minimum Gasteiger partial charge on any atom is -0.461 e. The van der Waals surface area contributed by atoms with Crippen LogP contribution in [-0.4, -0.2) is 30.6 Å². The molecule has 7 atom stereocenters. The first-order valence-corrected chi connectivity index (χ1v) is 8.10. The minimum atomic E-state index is -0.469. The maximum Gasteiger partial charge on any atom is 0.338 e. The molecule has 0 aromatic rings. The second-order valence-corrected chi connectivity index (χ2v) is 8.04. The Morgan fingerprint density at radius 2 is 1.95 bits per heavy atom. The molecule has 6 aliphatic rings. The van der Waals surface area contributed by atoms with Gasteiger partial charge in [-0.2, -0.15) is 0 Å². The topological polar surface area (TPSA) is 44.8 Å². The maximum absolute atomic E-state index is 11.8. The summed E-state index contributed by atoms with van der Waals surface area (Å²) < 4.78 is 17.7. The summed E-state index contributed by atoms with van der Waals surface area (Å²) in [5, 5.41) is 0. The number of carbonyl (C=O) groups is 1. The number of hydrogen-bond donors (Lipinski definition) is 0. The van der Waals surface area contributed by atoms with Crippen molar-refractivity contribution in [2.45, 2.75) is 63.4 Å². The quantitative estimate of drug-likeness (QED) is 0.638. The van der Waals surface area contributed by atoms with Crippen molar-refractivity contribution < 1.29 is 19.0 Å². The van der Waals surface area contributed by atoms with E-state index in [4.69, 9.17) is 14.2 Å². The van der Waals surface area contributed by atoms with Gasteiger partial charge in [-0.25, -0.2) is 4.79 Å². The van der Waals surface area contributed by atoms with E-state index in [-0.39, 0.29) is 12.1 Å². The Morgan fingerprint density at radius 3 is 2.80 bits per heavy atom. The van der Waals surface area contributed by atoms with Crippen LogP contribution in [0.5, 0.6) is 0 Å². The number of fused-ring (bicyclic) bond motifs is 2. The summed E-state index contributed by atoms with van der Waals surface area (Å²) in [5.74, 6) is 1.10. The molecule has 4 aliphatic carbocycles. The maximum atomic E-state index is 11.8. The third kappa shape index (κ3) is 1.37. The molecule has 2 aliphatic heterocycles. The van der Waals surface area contributed by atoms with Gasteiger partial charge in [-0.1, -0.05) is 6.92 Å². The first kappa shape index (κ1) is 12.0. The Kier molecular flexibility index (Phi) is 2.15. The van der Waals surface area contributed by atoms with Gasteiger partial charge in [-0.3, -0.25) is 0 Å². The van der Waals surface area contributed by atoms with Crippen LogP contribution in [0, 0.1) is 23.2 Å². The molecule has 4 bridgehead atoms. The molecule has 110 valence electrons. The van der Waals surface area contributed by atoms with E-state index in [1.807, 2.05) is 0 Å². The Hall–Kier alpha value is -0.610. The van der Waals surface area contributed by atoms with Crippen molar-refractivity contribution in [1.29, 1.82) is 0 Å². The number of ether oxygens (including phenoxy) is 3. The lowest BCUT2D eigenvalue weighted by Gasteiger charge is -2.54. The second-order valence-electron chi connectivity index (χ2n) is 8.04. The van der Waals surface area contributed by atoms with Gasteiger partial charge < -0.3 is 14.2 Å². The zero-order chi connectivity index (χ0) is 13.5. The molecule has 0 amide bonds. The van der Waals surface area contributed by atoms with Crippen LogP contribution >= 0.6 is 0 Å². The number of esters is 1. The van der Waals surface area contributed by atoms with Crippen molar-refractivity contribution in [3.63, 3.8) is 0 Å². The van der Waals surface area contributed by atoms with Gasteiger partial charge in [0, 0.05) is 11.8 Å². The molecule has 0 N–H and O–H groups in total. The van der Waals surface area contributed by atoms with E-state index in [1.165, 1.54) is 38.5 Å². The molecule has 0 radical (unpaired) electrons. The Labute approximate surface area is 119 Å². The number of cyclic esters (lactones) is 1. The summed E-state index contributed by atoms with van der Waals surface area (Å²) in [7, 11) is 0. The molecule has 0 aromatic heterocycles. The van der Waals surface area contributed by atoms with Crippen LogP contribution in [0.15, 0.2) is 0 Å². The van der Waals surface area contributed by atoms with E-state index >= 15 is 0 Å². The fourth-order valence-electron chi connectivity index (χ4n) is 6.00. The zero-order valence-electron chi connectivity index (χ0n) is 12.0. The van der Waals surface area contributed by atoms with Crippen molar-refractivity contribution in [3.05, 3.63) is 0 Å². The standard InChI is InChI=1S/C16H22O4/c1-15-5-9-2-3-10(6-15)16(11(4-9)7-15)19-12-8-18-14(17)13(12)20-16/h9-13H,2-8H2,1H3. The molecule has 4 saturated carbocycles. The molecule has 4 heteroatoms. The Bertz CT molecular complexity index is 473. The van der Waals surface area contributed by atoms with E-state index in [2.05, 4.69) is 6.92 Å². The molecule has 20 heavy (non-hydrogen) atoms. The lowest BCUT2D eigenvalue weighted by atomic mass is 9.57. The number of hydrogen-bond acceptors (Lipinski definition) is 4. The van der Waals surface area contributed by atoms with Gasteiger partial charge in [0.1, 0.15) is 12.7 Å². The first-order valence-electron chi connectivity index (χ1n) is 8.10. The van der Waals surface area contributed by atoms with Gasteiger partial charge >= 0.3 is 5.97 Å². The molecule has 1 spiro atoms. The molecule has 7 unspecified atom stereocenters. The van der Waals surface area contributed by atoms with Crippen LogP contribution in [0.2, 0.25) is 0 Å². The van der Waals surface area contributed by atoms with Crippen molar-refractivity contribution in [1.82, 2.24) is 0 Å². The highest BCUT2D eigenvalue weighted by atomic mass is 16.8. The largest absolute Gasteiger partial charge is 0.461 e. The van der Waals surface area contributed by atoms with Crippen molar-refractivity contribution in [2.24, 2.45) is 23.2 Å². The van der Waals surface area contributed by atoms with Gasteiger partial charge in [0.05, 0.1) is 0 Å². The molecule has 2 heterocycles. The molecular formula is C16H22O4. The van der Waals surface area contributed by atoms with E-state index in [0.29, 0.717) is 23.9 Å². The molecule has 6 fully saturated rings. The Morgan fingerprint density at radius 1 is 1.10 bits per heavy atom. The van der Waals surface area contributed by atoms with Crippen molar-refractivity contribution in [3.8, 4) is 0 Å². The van der Waals surface area contributed by atoms with Crippen LogP contribution in [0.3, 0.4) is 0 Å². The molecule has 4 nitrogen and oxygen atoms in total. The molecule has 2 saturated heterocycles. The summed E-state index contributed by atoms with van der Waals surface area (Å²) in [6.07, 6.45) is 6.90. The van der Waals surface area contributed by atoms with Crippen LogP contribution in [0.4, 0.5) is 0 Å². The lowest BCUT2D eigenvalue weighted by molar-refractivity contribution is -0.284. The normalized spacial score (nSPS) is 59.9. The summed E-state index contributed by atoms with van der Waals surface area (Å²) in [4.78, 5) is 11.8. The van der Waals surface area contributed by atoms with E-state index < -0.39 is 11.9 Å². The van der Waals surface area contributed by atoms with Crippen LogP contribution < -0.4 is 0 Å². The zero-order valence-corrected chi connectivity index (χ0v) is 12.0. The average Bonchev–Trinajstić information content (AvgIpc) is 2.87. The average molecular weight is 278 g/mol. The van der Waals surface area contributed by atoms with Gasteiger partial charge in [-0.05, 0) is 49.9 Å². The molecule has 6 rings (SSSR count). The van der Waals surface area contributed by atoms with Crippen LogP contribution in [0.25, 0.3) is 0 Å². The van der Waals surface area contributed by atoms with Gasteiger partial charge in [-0.15, -0.1) is 0 Å². The smallest absolute Gasteiger partial charge is 0.338 e. The molecular weight excluding hydrogens is 256 g/mol. The van der Waals surface area contributed by atoms with E-state index in [0.717, 1.165) is 5.92 Å². The predicted octanol–water partition coefficient (Wildman–Crippen LogP) is 2.26. The highest BCUT2D eigenvalue weighted by Crippen LogP contribution is 2.64. The van der Waals surface area contributed by atoms with Gasteiger partial charge in [0.15, 0.2) is 11.9 Å². The number of rotatable bonds is 0. The summed E-state index contributed by atoms with van der Waals surface area (Å²) in [6, 6.07) is 0. The fraction of sp³-hybridized carbons (Fsp3) is 0.938. The third-order valence-electron chi connectivity index (χ3n) is 6.55. The lowest BCUT2D eigenvalue weighted by Crippen LogP contribution is -2.55. The summed E-state index contributed by atoms with van der Waals surface area (Å²) in [6.45, 7) is 2.83. The monoisotopic (exact) mass is 278 g/mol. The van der Waals surface area contributed by atoms with Crippen molar-refractivity contribution >= 4 is 5.97 Å². The minimum absolute atomic E-state index is 0.159.